The molecule has 0 bridgehead atoms. The predicted octanol–water partition coefficient (Wildman–Crippen LogP) is 3.85. The van der Waals surface area contributed by atoms with Crippen molar-refractivity contribution in [1.82, 2.24) is 4.90 Å². The van der Waals surface area contributed by atoms with Gasteiger partial charge in [-0.2, -0.15) is 0 Å². The van der Waals surface area contributed by atoms with Crippen molar-refractivity contribution < 1.29 is 9.18 Å². The molecular formula is C14H17BrFNO. The molecule has 1 aliphatic heterocycles. The summed E-state index contributed by atoms with van der Waals surface area (Å²) in [5.41, 5.74) is 0.554. The lowest BCUT2D eigenvalue weighted by molar-refractivity contribution is 0.0760. The van der Waals surface area contributed by atoms with Gasteiger partial charge in [0.25, 0.3) is 5.91 Å². The van der Waals surface area contributed by atoms with Gasteiger partial charge < -0.3 is 4.90 Å². The molecule has 1 aromatic rings. The van der Waals surface area contributed by atoms with Gasteiger partial charge in [0.15, 0.2) is 0 Å². The highest BCUT2D eigenvalue weighted by Gasteiger charge is 2.20. The molecule has 18 heavy (non-hydrogen) atoms. The molecule has 0 radical (unpaired) electrons. The number of carbonyl (C=O) groups excluding carboxylic acids is 1. The average Bonchev–Trinajstić information content (AvgIpc) is 2.57. The van der Waals surface area contributed by atoms with Crippen LogP contribution in [-0.2, 0) is 0 Å². The molecule has 1 fully saturated rings. The maximum atomic E-state index is 13.1. The van der Waals surface area contributed by atoms with Gasteiger partial charge in [0.2, 0.25) is 0 Å². The van der Waals surface area contributed by atoms with Gasteiger partial charge in [-0.25, -0.2) is 4.39 Å². The first-order valence-electron chi connectivity index (χ1n) is 6.32. The Balaban J connectivity index is 2.12. The van der Waals surface area contributed by atoms with Crippen molar-refractivity contribution in [2.75, 3.05) is 13.1 Å². The van der Waals surface area contributed by atoms with E-state index in [1.165, 1.54) is 12.5 Å². The van der Waals surface area contributed by atoms with E-state index in [1.807, 2.05) is 4.90 Å². The van der Waals surface area contributed by atoms with Crippen LogP contribution in [0.3, 0.4) is 0 Å². The highest BCUT2D eigenvalue weighted by molar-refractivity contribution is 9.10. The first-order chi connectivity index (χ1) is 8.58. The number of benzene rings is 1. The van der Waals surface area contributed by atoms with Crippen molar-refractivity contribution in [3.8, 4) is 0 Å². The molecule has 0 aromatic heterocycles. The standard InChI is InChI=1S/C14H17BrFNO/c1-10-3-2-7-17(8-6-10)14(18)11-4-5-13(16)12(15)9-11/h4-5,9-10H,2-3,6-8H2,1H3. The second-order valence-electron chi connectivity index (χ2n) is 4.96. The van der Waals surface area contributed by atoms with Crippen LogP contribution in [0.1, 0.15) is 36.5 Å². The molecule has 4 heteroatoms. The topological polar surface area (TPSA) is 20.3 Å². The van der Waals surface area contributed by atoms with E-state index in [4.69, 9.17) is 0 Å². The molecule has 1 amide bonds. The maximum Gasteiger partial charge on any atom is 0.253 e. The Morgan fingerprint density at radius 2 is 2.17 bits per heavy atom. The Labute approximate surface area is 115 Å². The minimum absolute atomic E-state index is 0.00444. The highest BCUT2D eigenvalue weighted by atomic mass is 79.9. The number of rotatable bonds is 1. The first-order valence-corrected chi connectivity index (χ1v) is 7.11. The van der Waals surface area contributed by atoms with E-state index in [-0.39, 0.29) is 11.7 Å². The molecule has 1 aromatic carbocycles. The summed E-state index contributed by atoms with van der Waals surface area (Å²) in [5, 5.41) is 0. The zero-order valence-electron chi connectivity index (χ0n) is 10.5. The molecule has 0 saturated carbocycles. The number of hydrogen-bond acceptors (Lipinski definition) is 1. The van der Waals surface area contributed by atoms with E-state index < -0.39 is 0 Å². The van der Waals surface area contributed by atoms with E-state index in [0.29, 0.717) is 16.0 Å². The number of amides is 1. The smallest absolute Gasteiger partial charge is 0.253 e. The minimum atomic E-state index is -0.337. The summed E-state index contributed by atoms with van der Waals surface area (Å²) < 4.78 is 13.5. The summed E-state index contributed by atoms with van der Waals surface area (Å²) >= 11 is 3.12. The van der Waals surface area contributed by atoms with Crippen molar-refractivity contribution in [3.63, 3.8) is 0 Å². The minimum Gasteiger partial charge on any atom is -0.339 e. The van der Waals surface area contributed by atoms with E-state index in [1.54, 1.807) is 12.1 Å². The molecule has 2 rings (SSSR count). The van der Waals surface area contributed by atoms with Crippen molar-refractivity contribution in [3.05, 3.63) is 34.1 Å². The third-order valence-electron chi connectivity index (χ3n) is 3.47. The number of halogens is 2. The fraction of sp³-hybridized carbons (Fsp3) is 0.500. The largest absolute Gasteiger partial charge is 0.339 e. The van der Waals surface area contributed by atoms with Gasteiger partial charge in [0.1, 0.15) is 5.82 Å². The summed E-state index contributed by atoms with van der Waals surface area (Å²) in [6.07, 6.45) is 3.28. The van der Waals surface area contributed by atoms with Gasteiger partial charge in [-0.15, -0.1) is 0 Å². The van der Waals surface area contributed by atoms with E-state index in [9.17, 15) is 9.18 Å². The molecule has 1 saturated heterocycles. The van der Waals surface area contributed by atoms with Gasteiger partial charge in [0.05, 0.1) is 4.47 Å². The SMILES string of the molecule is CC1CCCN(C(=O)c2ccc(F)c(Br)c2)CC1. The van der Waals surface area contributed by atoms with Crippen LogP contribution in [0.25, 0.3) is 0 Å². The second-order valence-corrected chi connectivity index (χ2v) is 5.81. The van der Waals surface area contributed by atoms with Crippen molar-refractivity contribution in [1.29, 1.82) is 0 Å². The molecule has 1 heterocycles. The molecule has 0 aliphatic carbocycles. The Morgan fingerprint density at radius 1 is 1.39 bits per heavy atom. The Bertz CT molecular complexity index is 449. The number of carbonyl (C=O) groups is 1. The summed E-state index contributed by atoms with van der Waals surface area (Å²) in [6, 6.07) is 4.44. The molecule has 2 nitrogen and oxygen atoms in total. The Hall–Kier alpha value is -0.900. The third-order valence-corrected chi connectivity index (χ3v) is 4.08. The summed E-state index contributed by atoms with van der Waals surface area (Å²) in [4.78, 5) is 14.2. The van der Waals surface area contributed by atoms with Crippen LogP contribution in [-0.4, -0.2) is 23.9 Å². The van der Waals surface area contributed by atoms with Crippen LogP contribution in [0.15, 0.2) is 22.7 Å². The number of likely N-dealkylation sites (tertiary alicyclic amines) is 1. The Morgan fingerprint density at radius 3 is 2.89 bits per heavy atom. The van der Waals surface area contributed by atoms with E-state index in [0.717, 1.165) is 25.9 Å². The summed E-state index contributed by atoms with van der Waals surface area (Å²) in [6.45, 7) is 3.83. The van der Waals surface area contributed by atoms with Gasteiger partial charge in [0, 0.05) is 18.7 Å². The van der Waals surface area contributed by atoms with E-state index >= 15 is 0 Å². The Kier molecular flexibility index (Phi) is 4.38. The average molecular weight is 314 g/mol. The van der Waals surface area contributed by atoms with Crippen LogP contribution in [0.5, 0.6) is 0 Å². The van der Waals surface area contributed by atoms with Crippen LogP contribution < -0.4 is 0 Å². The fourth-order valence-corrected chi connectivity index (χ4v) is 2.66. The molecule has 98 valence electrons. The van der Waals surface area contributed by atoms with Crippen LogP contribution in [0.4, 0.5) is 4.39 Å². The van der Waals surface area contributed by atoms with Gasteiger partial charge in [-0.05, 0) is 59.3 Å². The van der Waals surface area contributed by atoms with Gasteiger partial charge >= 0.3 is 0 Å². The quantitative estimate of drug-likeness (QED) is 0.771. The van der Waals surface area contributed by atoms with Crippen LogP contribution in [0.2, 0.25) is 0 Å². The predicted molar refractivity (Wildman–Crippen MR) is 73.0 cm³/mol. The molecule has 1 unspecified atom stereocenters. The van der Waals surface area contributed by atoms with Crippen molar-refractivity contribution in [2.45, 2.75) is 26.2 Å². The summed E-state index contributed by atoms with van der Waals surface area (Å²) in [7, 11) is 0. The number of hydrogen-bond donors (Lipinski definition) is 0. The van der Waals surface area contributed by atoms with Gasteiger partial charge in [-0.3, -0.25) is 4.79 Å². The zero-order chi connectivity index (χ0) is 13.1. The lowest BCUT2D eigenvalue weighted by Gasteiger charge is -2.20. The number of nitrogens with zero attached hydrogens (tertiary/aromatic N) is 1. The summed E-state index contributed by atoms with van der Waals surface area (Å²) in [5.74, 6) is 0.351. The second kappa shape index (κ2) is 5.83. The lowest BCUT2D eigenvalue weighted by atomic mass is 10.0. The van der Waals surface area contributed by atoms with Crippen LogP contribution >= 0.6 is 15.9 Å². The van der Waals surface area contributed by atoms with Gasteiger partial charge in [-0.1, -0.05) is 6.92 Å². The molecule has 0 N–H and O–H groups in total. The normalized spacial score (nSPS) is 20.6. The molecule has 1 atom stereocenters. The zero-order valence-corrected chi connectivity index (χ0v) is 12.0. The fourth-order valence-electron chi connectivity index (χ4n) is 2.28. The van der Waals surface area contributed by atoms with Crippen molar-refractivity contribution in [2.24, 2.45) is 5.92 Å². The highest BCUT2D eigenvalue weighted by Crippen LogP contribution is 2.21. The molecule has 0 spiro atoms. The molecular weight excluding hydrogens is 297 g/mol. The van der Waals surface area contributed by atoms with Crippen molar-refractivity contribution >= 4 is 21.8 Å². The lowest BCUT2D eigenvalue weighted by Crippen LogP contribution is -2.32. The maximum absolute atomic E-state index is 13.1. The monoisotopic (exact) mass is 313 g/mol. The first kappa shape index (κ1) is 13.5. The van der Waals surface area contributed by atoms with E-state index in [2.05, 4.69) is 22.9 Å². The third kappa shape index (κ3) is 3.10. The van der Waals surface area contributed by atoms with Crippen LogP contribution in [0, 0.1) is 11.7 Å². The molecule has 1 aliphatic rings.